The van der Waals surface area contributed by atoms with Crippen LogP contribution in [-0.2, 0) is 4.79 Å². The molecule has 60 valence electrons. The van der Waals surface area contributed by atoms with Gasteiger partial charge in [0.1, 0.15) is 12.4 Å². The van der Waals surface area contributed by atoms with Crippen LogP contribution in [-0.4, -0.2) is 17.5 Å². The molecule has 0 saturated carbocycles. The Morgan fingerprint density at radius 3 is 3.00 bits per heavy atom. The summed E-state index contributed by atoms with van der Waals surface area (Å²) >= 11 is 0. The standard InChI is InChI=1S/C7H9NO3/c1-5(9)4-10-7-3-6(2)11-8-7/h3H,4H2,1-2H3. The molecule has 0 saturated heterocycles. The lowest BCUT2D eigenvalue weighted by Gasteiger charge is -1.94. The number of aryl methyl sites for hydroxylation is 1. The summed E-state index contributed by atoms with van der Waals surface area (Å²) in [5.41, 5.74) is 0. The number of carbonyl (C=O) groups excluding carboxylic acids is 1. The summed E-state index contributed by atoms with van der Waals surface area (Å²) < 4.78 is 9.64. The zero-order valence-corrected chi connectivity index (χ0v) is 6.46. The molecule has 11 heavy (non-hydrogen) atoms. The minimum Gasteiger partial charge on any atom is -0.468 e. The molecule has 0 amide bonds. The van der Waals surface area contributed by atoms with E-state index in [-0.39, 0.29) is 12.4 Å². The summed E-state index contributed by atoms with van der Waals surface area (Å²) in [7, 11) is 0. The lowest BCUT2D eigenvalue weighted by Crippen LogP contribution is -2.06. The quantitative estimate of drug-likeness (QED) is 0.652. The number of hydrogen-bond donors (Lipinski definition) is 0. The molecule has 0 bridgehead atoms. The van der Waals surface area contributed by atoms with Crippen LogP contribution in [0.15, 0.2) is 10.6 Å². The van der Waals surface area contributed by atoms with Crippen LogP contribution in [0, 0.1) is 6.92 Å². The van der Waals surface area contributed by atoms with E-state index < -0.39 is 0 Å². The van der Waals surface area contributed by atoms with E-state index in [2.05, 4.69) is 5.16 Å². The van der Waals surface area contributed by atoms with Crippen LogP contribution in [0.3, 0.4) is 0 Å². The van der Waals surface area contributed by atoms with Crippen molar-refractivity contribution < 1.29 is 14.1 Å². The van der Waals surface area contributed by atoms with E-state index in [0.717, 1.165) is 0 Å². The fourth-order valence-electron chi connectivity index (χ4n) is 0.587. The highest BCUT2D eigenvalue weighted by Gasteiger charge is 2.01. The van der Waals surface area contributed by atoms with Crippen molar-refractivity contribution in [2.45, 2.75) is 13.8 Å². The summed E-state index contributed by atoms with van der Waals surface area (Å²) in [6, 6.07) is 1.63. The van der Waals surface area contributed by atoms with E-state index in [1.54, 1.807) is 13.0 Å². The first kappa shape index (κ1) is 7.78. The van der Waals surface area contributed by atoms with Gasteiger partial charge < -0.3 is 9.26 Å². The second-order valence-corrected chi connectivity index (χ2v) is 2.27. The highest BCUT2D eigenvalue weighted by Crippen LogP contribution is 2.09. The Morgan fingerprint density at radius 2 is 2.55 bits per heavy atom. The number of hydrogen-bond acceptors (Lipinski definition) is 4. The topological polar surface area (TPSA) is 52.3 Å². The molecule has 1 rings (SSSR count). The van der Waals surface area contributed by atoms with Gasteiger partial charge in [0, 0.05) is 6.07 Å². The number of nitrogens with zero attached hydrogens (tertiary/aromatic N) is 1. The molecule has 0 spiro atoms. The second-order valence-electron chi connectivity index (χ2n) is 2.27. The summed E-state index contributed by atoms with van der Waals surface area (Å²) in [6.07, 6.45) is 0. The molecule has 0 unspecified atom stereocenters. The Morgan fingerprint density at radius 1 is 1.82 bits per heavy atom. The average Bonchev–Trinajstić information content (AvgIpc) is 2.31. The number of aromatic nitrogens is 1. The van der Waals surface area contributed by atoms with Gasteiger partial charge in [-0.05, 0) is 19.0 Å². The van der Waals surface area contributed by atoms with Crippen molar-refractivity contribution in [2.75, 3.05) is 6.61 Å². The molecule has 1 aromatic rings. The fraction of sp³-hybridized carbons (Fsp3) is 0.429. The Balaban J connectivity index is 2.45. The van der Waals surface area contributed by atoms with Crippen LogP contribution < -0.4 is 4.74 Å². The van der Waals surface area contributed by atoms with Crippen molar-refractivity contribution in [2.24, 2.45) is 0 Å². The maximum Gasteiger partial charge on any atom is 0.254 e. The van der Waals surface area contributed by atoms with Gasteiger partial charge in [0.15, 0.2) is 5.78 Å². The maximum absolute atomic E-state index is 10.4. The molecule has 0 atom stereocenters. The van der Waals surface area contributed by atoms with Crippen molar-refractivity contribution in [3.05, 3.63) is 11.8 Å². The molecule has 4 heteroatoms. The Hall–Kier alpha value is -1.32. The summed E-state index contributed by atoms with van der Waals surface area (Å²) in [5.74, 6) is 0.993. The van der Waals surface area contributed by atoms with Gasteiger partial charge in [-0.2, -0.15) is 0 Å². The fourth-order valence-corrected chi connectivity index (χ4v) is 0.587. The van der Waals surface area contributed by atoms with Crippen molar-refractivity contribution in [3.63, 3.8) is 0 Å². The molecular weight excluding hydrogens is 146 g/mol. The highest BCUT2D eigenvalue weighted by molar-refractivity contribution is 5.76. The van der Waals surface area contributed by atoms with Gasteiger partial charge in [0.2, 0.25) is 0 Å². The van der Waals surface area contributed by atoms with Crippen LogP contribution in [0.25, 0.3) is 0 Å². The smallest absolute Gasteiger partial charge is 0.254 e. The van der Waals surface area contributed by atoms with Crippen LogP contribution in [0.1, 0.15) is 12.7 Å². The summed E-state index contributed by atoms with van der Waals surface area (Å²) in [4.78, 5) is 10.4. The van der Waals surface area contributed by atoms with Crippen molar-refractivity contribution in [1.82, 2.24) is 5.16 Å². The van der Waals surface area contributed by atoms with Crippen LogP contribution >= 0.6 is 0 Å². The number of Topliss-reactive ketones (excluding diaryl/α,β-unsaturated/α-hetero) is 1. The average molecular weight is 155 g/mol. The third kappa shape index (κ3) is 2.41. The molecule has 1 heterocycles. The SMILES string of the molecule is CC(=O)COc1cc(C)on1. The minimum atomic E-state index is -0.0364. The van der Waals surface area contributed by atoms with Crippen molar-refractivity contribution in [3.8, 4) is 5.88 Å². The van der Waals surface area contributed by atoms with E-state index in [4.69, 9.17) is 9.26 Å². The zero-order chi connectivity index (χ0) is 8.27. The first-order valence-corrected chi connectivity index (χ1v) is 3.24. The number of rotatable bonds is 3. The molecule has 0 aliphatic rings. The molecule has 0 aromatic carbocycles. The van der Waals surface area contributed by atoms with E-state index in [1.807, 2.05) is 0 Å². The van der Waals surface area contributed by atoms with Crippen molar-refractivity contribution in [1.29, 1.82) is 0 Å². The Bertz CT molecular complexity index is 254. The molecule has 0 fully saturated rings. The Kier molecular flexibility index (Phi) is 2.25. The highest BCUT2D eigenvalue weighted by atomic mass is 16.5. The monoisotopic (exact) mass is 155 g/mol. The molecule has 0 N–H and O–H groups in total. The minimum absolute atomic E-state index is 0.0364. The molecule has 1 aromatic heterocycles. The van der Waals surface area contributed by atoms with E-state index >= 15 is 0 Å². The summed E-state index contributed by atoms with van der Waals surface area (Å²) in [5, 5.41) is 3.54. The lowest BCUT2D eigenvalue weighted by molar-refractivity contribution is -0.119. The van der Waals surface area contributed by atoms with Crippen LogP contribution in [0.4, 0.5) is 0 Å². The van der Waals surface area contributed by atoms with E-state index in [0.29, 0.717) is 11.6 Å². The molecular formula is C7H9NO3. The van der Waals surface area contributed by atoms with Crippen LogP contribution in [0.5, 0.6) is 5.88 Å². The van der Waals surface area contributed by atoms with Crippen molar-refractivity contribution >= 4 is 5.78 Å². The van der Waals surface area contributed by atoms with Gasteiger partial charge in [-0.1, -0.05) is 0 Å². The van der Waals surface area contributed by atoms with Gasteiger partial charge in [-0.3, -0.25) is 4.79 Å². The largest absolute Gasteiger partial charge is 0.468 e. The van der Waals surface area contributed by atoms with Gasteiger partial charge >= 0.3 is 0 Å². The first-order chi connectivity index (χ1) is 5.18. The molecule has 0 aliphatic carbocycles. The molecule has 0 aliphatic heterocycles. The van der Waals surface area contributed by atoms with Crippen LogP contribution in [0.2, 0.25) is 0 Å². The predicted molar refractivity (Wildman–Crippen MR) is 37.4 cm³/mol. The van der Waals surface area contributed by atoms with Gasteiger partial charge in [0.25, 0.3) is 5.88 Å². The molecule has 0 radical (unpaired) electrons. The van der Waals surface area contributed by atoms with E-state index in [9.17, 15) is 4.79 Å². The Labute approximate surface area is 64.1 Å². The van der Waals surface area contributed by atoms with Gasteiger partial charge in [-0.15, -0.1) is 0 Å². The van der Waals surface area contributed by atoms with Gasteiger partial charge in [0.05, 0.1) is 0 Å². The normalized spacial score (nSPS) is 9.64. The number of ketones is 1. The summed E-state index contributed by atoms with van der Waals surface area (Å²) in [6.45, 7) is 3.26. The predicted octanol–water partition coefficient (Wildman–Crippen LogP) is 0.951. The third-order valence-corrected chi connectivity index (χ3v) is 1.03. The number of ether oxygens (including phenoxy) is 1. The maximum atomic E-state index is 10.4. The number of carbonyl (C=O) groups is 1. The van der Waals surface area contributed by atoms with E-state index in [1.165, 1.54) is 6.92 Å². The second kappa shape index (κ2) is 3.18. The zero-order valence-electron chi connectivity index (χ0n) is 6.46. The first-order valence-electron chi connectivity index (χ1n) is 3.24. The molecule has 4 nitrogen and oxygen atoms in total. The third-order valence-electron chi connectivity index (χ3n) is 1.03. The lowest BCUT2D eigenvalue weighted by atomic mass is 10.5. The van der Waals surface area contributed by atoms with Gasteiger partial charge in [-0.25, -0.2) is 0 Å².